The summed E-state index contributed by atoms with van der Waals surface area (Å²) in [6.07, 6.45) is 1.75. The van der Waals surface area contributed by atoms with Gasteiger partial charge in [0.1, 0.15) is 5.82 Å². The van der Waals surface area contributed by atoms with Gasteiger partial charge in [-0.1, -0.05) is 0 Å². The predicted octanol–water partition coefficient (Wildman–Crippen LogP) is 4.96. The number of nitrogens with zero attached hydrogens (tertiary/aromatic N) is 1. The lowest BCUT2D eigenvalue weighted by molar-refractivity contribution is 0.627. The van der Waals surface area contributed by atoms with Crippen molar-refractivity contribution in [2.24, 2.45) is 0 Å². The topological polar surface area (TPSA) is 24.9 Å². The third kappa shape index (κ3) is 3.64. The Morgan fingerprint density at radius 3 is 2.72 bits per heavy atom. The summed E-state index contributed by atoms with van der Waals surface area (Å²) in [6, 6.07) is 6.60. The van der Waals surface area contributed by atoms with Crippen molar-refractivity contribution in [1.82, 2.24) is 4.98 Å². The molecule has 0 unspecified atom stereocenters. The molecule has 0 amide bonds. The lowest BCUT2D eigenvalue weighted by Gasteiger charge is -2.09. The van der Waals surface area contributed by atoms with Gasteiger partial charge in [0.2, 0.25) is 0 Å². The fourth-order valence-electron chi connectivity index (χ4n) is 1.38. The third-order valence-corrected chi connectivity index (χ3v) is 4.27. The maximum Gasteiger partial charge on any atom is 0.124 e. The van der Waals surface area contributed by atoms with Crippen LogP contribution in [0, 0.1) is 9.39 Å². The van der Waals surface area contributed by atoms with Crippen molar-refractivity contribution in [2.45, 2.75) is 6.54 Å². The molecule has 0 aliphatic carbocycles. The summed E-state index contributed by atoms with van der Waals surface area (Å²) in [7, 11) is 0. The molecule has 0 radical (unpaired) electrons. The minimum atomic E-state index is -0.229. The predicted molar refractivity (Wildman–Crippen MR) is 86.1 cm³/mol. The van der Waals surface area contributed by atoms with Crippen molar-refractivity contribution in [3.63, 3.8) is 0 Å². The Bertz CT molecular complexity index is 526. The second-order valence-corrected chi connectivity index (χ2v) is 6.49. The maximum absolute atomic E-state index is 13.0. The highest BCUT2D eigenvalue weighted by Crippen LogP contribution is 2.23. The maximum atomic E-state index is 13.0. The van der Waals surface area contributed by atoms with Gasteiger partial charge in [-0.2, -0.15) is 0 Å². The Hall–Kier alpha value is -0.210. The van der Waals surface area contributed by atoms with Gasteiger partial charge in [0.15, 0.2) is 0 Å². The third-order valence-electron chi connectivity index (χ3n) is 2.26. The van der Waals surface area contributed by atoms with Crippen LogP contribution >= 0.6 is 54.5 Å². The zero-order chi connectivity index (χ0) is 13.1. The molecule has 0 fully saturated rings. The normalized spacial score (nSPS) is 10.4. The highest BCUT2D eigenvalue weighted by molar-refractivity contribution is 14.1. The highest BCUT2D eigenvalue weighted by Gasteiger charge is 2.05. The molecule has 0 saturated heterocycles. The van der Waals surface area contributed by atoms with Gasteiger partial charge in [0.25, 0.3) is 0 Å². The zero-order valence-electron chi connectivity index (χ0n) is 9.05. The number of hydrogen-bond donors (Lipinski definition) is 1. The molecular weight excluding hydrogens is 478 g/mol. The molecule has 2 nitrogen and oxygen atoms in total. The molecule has 1 aromatic heterocycles. The molecule has 0 aliphatic rings. The van der Waals surface area contributed by atoms with E-state index in [4.69, 9.17) is 0 Å². The van der Waals surface area contributed by atoms with E-state index in [0.717, 1.165) is 23.9 Å². The van der Waals surface area contributed by atoms with E-state index in [-0.39, 0.29) is 5.82 Å². The van der Waals surface area contributed by atoms with Gasteiger partial charge in [-0.05, 0) is 78.7 Å². The molecule has 1 heterocycles. The first kappa shape index (κ1) is 14.2. The molecule has 1 N–H and O–H groups in total. The Labute approximate surface area is 135 Å². The van der Waals surface area contributed by atoms with Crippen molar-refractivity contribution in [2.75, 3.05) is 5.32 Å². The fraction of sp³-hybridized carbons (Fsp3) is 0.0833. The Balaban J connectivity index is 2.11. The standard InChI is InChI=1S/C12H8Br2FIN2/c13-7-3-9(14)12(17-5-7)6-18-11-2-1-8(15)4-10(11)16/h1-5,18H,6H2. The van der Waals surface area contributed by atoms with Crippen LogP contribution in [0.15, 0.2) is 39.4 Å². The van der Waals surface area contributed by atoms with Gasteiger partial charge >= 0.3 is 0 Å². The monoisotopic (exact) mass is 484 g/mol. The minimum absolute atomic E-state index is 0.229. The van der Waals surface area contributed by atoms with Gasteiger partial charge in [0, 0.05) is 24.4 Å². The van der Waals surface area contributed by atoms with Gasteiger partial charge in [-0.15, -0.1) is 0 Å². The number of aromatic nitrogens is 1. The van der Waals surface area contributed by atoms with Gasteiger partial charge < -0.3 is 5.32 Å². The summed E-state index contributed by atoms with van der Waals surface area (Å²) in [6.45, 7) is 0.579. The first-order valence-electron chi connectivity index (χ1n) is 5.05. The smallest absolute Gasteiger partial charge is 0.124 e. The van der Waals surface area contributed by atoms with Crippen LogP contribution in [0.25, 0.3) is 0 Å². The summed E-state index contributed by atoms with van der Waals surface area (Å²) in [5, 5.41) is 3.23. The minimum Gasteiger partial charge on any atom is -0.378 e. The first-order valence-corrected chi connectivity index (χ1v) is 7.71. The van der Waals surface area contributed by atoms with Crippen molar-refractivity contribution < 1.29 is 4.39 Å². The first-order chi connectivity index (χ1) is 8.56. The van der Waals surface area contributed by atoms with Crippen LogP contribution < -0.4 is 5.32 Å². The largest absolute Gasteiger partial charge is 0.378 e. The molecule has 0 atom stereocenters. The molecule has 6 heteroatoms. The zero-order valence-corrected chi connectivity index (χ0v) is 14.4. The van der Waals surface area contributed by atoms with Crippen molar-refractivity contribution in [3.8, 4) is 0 Å². The molecule has 0 saturated carbocycles. The molecular formula is C12H8Br2FIN2. The van der Waals surface area contributed by atoms with Crippen LogP contribution in [0.5, 0.6) is 0 Å². The highest BCUT2D eigenvalue weighted by atomic mass is 127. The SMILES string of the molecule is Fc1ccc(NCc2ncc(Br)cc2Br)c(I)c1. The molecule has 1 aromatic carbocycles. The number of halogens is 4. The summed E-state index contributed by atoms with van der Waals surface area (Å²) >= 11 is 8.91. The summed E-state index contributed by atoms with van der Waals surface area (Å²) in [4.78, 5) is 4.31. The molecule has 2 rings (SSSR count). The average molecular weight is 486 g/mol. The average Bonchev–Trinajstić information content (AvgIpc) is 2.30. The van der Waals surface area contributed by atoms with E-state index in [0.29, 0.717) is 6.54 Å². The van der Waals surface area contributed by atoms with E-state index in [9.17, 15) is 4.39 Å². The van der Waals surface area contributed by atoms with Crippen molar-refractivity contribution >= 4 is 60.1 Å². The molecule has 0 spiro atoms. The molecule has 94 valence electrons. The second kappa shape index (κ2) is 6.29. The van der Waals surface area contributed by atoms with Crippen LogP contribution in [-0.2, 0) is 6.54 Å². The molecule has 18 heavy (non-hydrogen) atoms. The van der Waals surface area contributed by atoms with Gasteiger partial charge in [0.05, 0.1) is 12.2 Å². The fourth-order valence-corrected chi connectivity index (χ4v) is 3.18. The summed E-state index contributed by atoms with van der Waals surface area (Å²) in [5.74, 6) is -0.229. The van der Waals surface area contributed by atoms with Gasteiger partial charge in [-0.25, -0.2) is 4.39 Å². The van der Waals surface area contributed by atoms with E-state index < -0.39 is 0 Å². The van der Waals surface area contributed by atoms with Crippen LogP contribution in [0.2, 0.25) is 0 Å². The number of benzene rings is 1. The number of nitrogens with one attached hydrogen (secondary N) is 1. The van der Waals surface area contributed by atoms with E-state index in [1.54, 1.807) is 12.3 Å². The van der Waals surface area contributed by atoms with Gasteiger partial charge in [-0.3, -0.25) is 4.98 Å². The van der Waals surface area contributed by atoms with E-state index in [1.807, 2.05) is 6.07 Å². The van der Waals surface area contributed by atoms with Crippen LogP contribution in [0.1, 0.15) is 5.69 Å². The quantitative estimate of drug-likeness (QED) is 0.621. The number of hydrogen-bond acceptors (Lipinski definition) is 2. The Morgan fingerprint density at radius 2 is 2.06 bits per heavy atom. The Kier molecular flexibility index (Phi) is 4.97. The number of rotatable bonds is 3. The van der Waals surface area contributed by atoms with E-state index in [2.05, 4.69) is 64.8 Å². The van der Waals surface area contributed by atoms with Crippen LogP contribution in [0.4, 0.5) is 10.1 Å². The number of pyridine rings is 1. The van der Waals surface area contributed by atoms with Crippen molar-refractivity contribution in [3.05, 3.63) is 54.5 Å². The second-order valence-electron chi connectivity index (χ2n) is 3.56. The lowest BCUT2D eigenvalue weighted by atomic mass is 10.3. The molecule has 0 aliphatic heterocycles. The van der Waals surface area contributed by atoms with Crippen LogP contribution in [-0.4, -0.2) is 4.98 Å². The summed E-state index contributed by atoms with van der Waals surface area (Å²) in [5.41, 5.74) is 1.80. The molecule has 0 bridgehead atoms. The van der Waals surface area contributed by atoms with E-state index >= 15 is 0 Å². The Morgan fingerprint density at radius 1 is 1.28 bits per heavy atom. The van der Waals surface area contributed by atoms with E-state index in [1.165, 1.54) is 12.1 Å². The summed E-state index contributed by atoms with van der Waals surface area (Å²) < 4.78 is 15.7. The van der Waals surface area contributed by atoms with Crippen LogP contribution in [0.3, 0.4) is 0 Å². The van der Waals surface area contributed by atoms with Crippen molar-refractivity contribution in [1.29, 1.82) is 0 Å². The lowest BCUT2D eigenvalue weighted by Crippen LogP contribution is -2.04. The number of anilines is 1. The molecule has 2 aromatic rings.